The Morgan fingerprint density at radius 1 is 1.43 bits per heavy atom. The maximum absolute atomic E-state index is 11.9. The molecule has 82 valence electrons. The summed E-state index contributed by atoms with van der Waals surface area (Å²) < 4.78 is 11.9. The summed E-state index contributed by atoms with van der Waals surface area (Å²) in [7, 11) is 0. The van der Waals surface area contributed by atoms with Gasteiger partial charge in [-0.2, -0.15) is 4.39 Å². The molecule has 0 fully saturated rings. The Kier molecular flexibility index (Phi) is 6.87. The molecule has 0 aromatic carbocycles. The van der Waals surface area contributed by atoms with Crippen LogP contribution in [0.1, 0.15) is 19.3 Å². The van der Waals surface area contributed by atoms with Gasteiger partial charge in [-0.3, -0.25) is 9.59 Å². The fourth-order valence-electron chi connectivity index (χ4n) is 0.886. The van der Waals surface area contributed by atoms with Gasteiger partial charge in [-0.05, 0) is 19.3 Å². The SMILES string of the molecule is N[C@@H](CCCCNC(=O)CO)C(=O)F. The van der Waals surface area contributed by atoms with Crippen molar-refractivity contribution in [1.82, 2.24) is 5.32 Å². The molecule has 4 N–H and O–H groups in total. The zero-order valence-corrected chi connectivity index (χ0v) is 7.83. The van der Waals surface area contributed by atoms with E-state index in [-0.39, 0.29) is 6.42 Å². The number of rotatable bonds is 7. The van der Waals surface area contributed by atoms with Crippen LogP contribution in [0, 0.1) is 0 Å². The number of nitrogens with one attached hydrogen (secondary N) is 1. The smallest absolute Gasteiger partial charge is 0.318 e. The summed E-state index contributed by atoms with van der Waals surface area (Å²) in [5.74, 6) is -0.448. The number of halogens is 1. The fourth-order valence-corrected chi connectivity index (χ4v) is 0.886. The molecule has 0 aliphatic heterocycles. The Morgan fingerprint density at radius 2 is 2.07 bits per heavy atom. The van der Waals surface area contributed by atoms with Gasteiger partial charge in [0.1, 0.15) is 6.61 Å². The number of aliphatic hydroxyl groups excluding tert-OH is 1. The van der Waals surface area contributed by atoms with Crippen molar-refractivity contribution in [3.05, 3.63) is 0 Å². The van der Waals surface area contributed by atoms with E-state index < -0.39 is 24.6 Å². The van der Waals surface area contributed by atoms with Crippen molar-refractivity contribution >= 4 is 11.9 Å². The van der Waals surface area contributed by atoms with Gasteiger partial charge in [-0.1, -0.05) is 0 Å². The average molecular weight is 206 g/mol. The highest BCUT2D eigenvalue weighted by Gasteiger charge is 2.10. The predicted molar refractivity (Wildman–Crippen MR) is 48.0 cm³/mol. The highest BCUT2D eigenvalue weighted by molar-refractivity contribution is 5.76. The van der Waals surface area contributed by atoms with Crippen LogP contribution in [0.25, 0.3) is 0 Å². The number of hydrogen-bond acceptors (Lipinski definition) is 4. The summed E-state index contributed by atoms with van der Waals surface area (Å²) >= 11 is 0. The second-order valence-corrected chi connectivity index (χ2v) is 2.91. The first-order valence-corrected chi connectivity index (χ1v) is 4.40. The van der Waals surface area contributed by atoms with Gasteiger partial charge in [0, 0.05) is 6.54 Å². The van der Waals surface area contributed by atoms with Gasteiger partial charge in [-0.15, -0.1) is 0 Å². The van der Waals surface area contributed by atoms with Gasteiger partial charge in [0.25, 0.3) is 0 Å². The molecular formula is C8H15FN2O3. The third-order valence-electron chi connectivity index (χ3n) is 1.70. The number of carbonyl (C=O) groups is 2. The third kappa shape index (κ3) is 6.50. The van der Waals surface area contributed by atoms with Crippen molar-refractivity contribution in [3.63, 3.8) is 0 Å². The van der Waals surface area contributed by atoms with E-state index in [4.69, 9.17) is 10.8 Å². The second-order valence-electron chi connectivity index (χ2n) is 2.91. The molecule has 0 unspecified atom stereocenters. The van der Waals surface area contributed by atoms with Crippen molar-refractivity contribution in [2.75, 3.05) is 13.2 Å². The zero-order chi connectivity index (χ0) is 11.0. The standard InChI is InChI=1S/C8H15FN2O3/c9-8(14)6(10)3-1-2-4-11-7(13)5-12/h6,12H,1-5,10H2,(H,11,13)/t6-/m0/s1. The molecule has 0 aromatic rings. The number of amides is 1. The lowest BCUT2D eigenvalue weighted by atomic mass is 10.1. The van der Waals surface area contributed by atoms with E-state index in [9.17, 15) is 14.0 Å². The van der Waals surface area contributed by atoms with Crippen molar-refractivity contribution in [3.8, 4) is 0 Å². The van der Waals surface area contributed by atoms with Crippen LogP contribution in [0.4, 0.5) is 4.39 Å². The van der Waals surface area contributed by atoms with E-state index in [2.05, 4.69) is 5.32 Å². The second kappa shape index (κ2) is 7.40. The van der Waals surface area contributed by atoms with Crippen LogP contribution in [0.2, 0.25) is 0 Å². The van der Waals surface area contributed by atoms with Gasteiger partial charge >= 0.3 is 6.04 Å². The lowest BCUT2D eigenvalue weighted by molar-refractivity contribution is -0.130. The minimum absolute atomic E-state index is 0.268. The van der Waals surface area contributed by atoms with Crippen LogP contribution in [0.3, 0.4) is 0 Å². The van der Waals surface area contributed by atoms with E-state index in [0.29, 0.717) is 19.4 Å². The van der Waals surface area contributed by atoms with Crippen molar-refractivity contribution in [2.24, 2.45) is 5.73 Å². The fraction of sp³-hybridized carbons (Fsp3) is 0.750. The Bertz CT molecular complexity index is 199. The van der Waals surface area contributed by atoms with E-state index in [0.717, 1.165) is 0 Å². The molecule has 0 radical (unpaired) electrons. The highest BCUT2D eigenvalue weighted by atomic mass is 19.1. The largest absolute Gasteiger partial charge is 0.387 e. The molecule has 0 aliphatic carbocycles. The first-order valence-electron chi connectivity index (χ1n) is 4.40. The molecule has 1 amide bonds. The van der Waals surface area contributed by atoms with E-state index >= 15 is 0 Å². The summed E-state index contributed by atoms with van der Waals surface area (Å²) in [4.78, 5) is 20.6. The molecular weight excluding hydrogens is 191 g/mol. The van der Waals surface area contributed by atoms with Gasteiger partial charge in [0.15, 0.2) is 0 Å². The minimum Gasteiger partial charge on any atom is -0.387 e. The molecule has 6 heteroatoms. The maximum atomic E-state index is 11.9. The lowest BCUT2D eigenvalue weighted by Crippen LogP contribution is -2.29. The van der Waals surface area contributed by atoms with Crippen molar-refractivity contribution < 1.29 is 19.1 Å². The van der Waals surface area contributed by atoms with Crippen LogP contribution >= 0.6 is 0 Å². The maximum Gasteiger partial charge on any atom is 0.318 e. The first-order chi connectivity index (χ1) is 6.57. The lowest BCUT2D eigenvalue weighted by Gasteiger charge is -2.05. The number of hydrogen-bond donors (Lipinski definition) is 3. The number of aliphatic hydroxyl groups is 1. The average Bonchev–Trinajstić information content (AvgIpc) is 2.16. The van der Waals surface area contributed by atoms with E-state index in [1.54, 1.807) is 0 Å². The summed E-state index contributed by atoms with van der Waals surface area (Å²) in [5.41, 5.74) is 5.13. The molecule has 0 saturated carbocycles. The molecule has 0 aromatic heterocycles. The molecule has 0 saturated heterocycles. The number of carbonyl (C=O) groups excluding carboxylic acids is 2. The number of nitrogens with two attached hydrogens (primary N) is 1. The van der Waals surface area contributed by atoms with E-state index in [1.165, 1.54) is 0 Å². The topological polar surface area (TPSA) is 92.4 Å². The molecule has 0 spiro atoms. The monoisotopic (exact) mass is 206 g/mol. The van der Waals surface area contributed by atoms with Crippen LogP contribution in [-0.2, 0) is 9.59 Å². The Hall–Kier alpha value is -1.01. The highest BCUT2D eigenvalue weighted by Crippen LogP contribution is 1.99. The molecule has 0 aliphatic rings. The van der Waals surface area contributed by atoms with Gasteiger partial charge in [-0.25, -0.2) is 0 Å². The summed E-state index contributed by atoms with van der Waals surface area (Å²) in [6.45, 7) is -0.144. The van der Waals surface area contributed by atoms with Gasteiger partial charge in [0.05, 0.1) is 6.04 Å². The van der Waals surface area contributed by atoms with Crippen LogP contribution in [0.5, 0.6) is 0 Å². The quantitative estimate of drug-likeness (QED) is 0.371. The Labute approximate surface area is 81.5 Å². The predicted octanol–water partition coefficient (Wildman–Crippen LogP) is -0.911. The molecule has 5 nitrogen and oxygen atoms in total. The summed E-state index contributed by atoms with van der Waals surface area (Å²) in [6.07, 6.45) is 1.43. The molecule has 14 heavy (non-hydrogen) atoms. The van der Waals surface area contributed by atoms with Crippen molar-refractivity contribution in [2.45, 2.75) is 25.3 Å². The minimum atomic E-state index is -1.51. The van der Waals surface area contributed by atoms with Crippen LogP contribution in [-0.4, -0.2) is 36.2 Å². The number of unbranched alkanes of at least 4 members (excludes halogenated alkanes) is 1. The first kappa shape index (κ1) is 13.0. The molecule has 0 rings (SSSR count). The van der Waals surface area contributed by atoms with Gasteiger partial charge < -0.3 is 16.2 Å². The Balaban J connectivity index is 3.30. The summed E-state index contributed by atoms with van der Waals surface area (Å²) in [6, 6.07) is -2.56. The third-order valence-corrected chi connectivity index (χ3v) is 1.70. The Morgan fingerprint density at radius 3 is 2.57 bits per heavy atom. The zero-order valence-electron chi connectivity index (χ0n) is 7.83. The van der Waals surface area contributed by atoms with E-state index in [1.807, 2.05) is 0 Å². The normalized spacial score (nSPS) is 12.2. The van der Waals surface area contributed by atoms with Crippen LogP contribution in [0.15, 0.2) is 0 Å². The van der Waals surface area contributed by atoms with Crippen LogP contribution < -0.4 is 11.1 Å². The molecule has 1 atom stereocenters. The van der Waals surface area contributed by atoms with Gasteiger partial charge in [0.2, 0.25) is 5.91 Å². The van der Waals surface area contributed by atoms with Crippen molar-refractivity contribution in [1.29, 1.82) is 0 Å². The summed E-state index contributed by atoms with van der Waals surface area (Å²) in [5, 5.41) is 10.8. The molecule has 0 bridgehead atoms. The molecule has 0 heterocycles.